The van der Waals surface area contributed by atoms with E-state index in [-0.39, 0.29) is 12.6 Å². The Morgan fingerprint density at radius 1 is 1.43 bits per heavy atom. The average Bonchev–Trinajstić information content (AvgIpc) is 2.69. The van der Waals surface area contributed by atoms with Crippen molar-refractivity contribution in [1.29, 1.82) is 0 Å². The quantitative estimate of drug-likeness (QED) is 0.625. The Balaban J connectivity index is 1.71. The average molecular weight is 286 g/mol. The van der Waals surface area contributed by atoms with Gasteiger partial charge in [0.2, 0.25) is 0 Å². The van der Waals surface area contributed by atoms with E-state index >= 15 is 0 Å². The number of esters is 1. The van der Waals surface area contributed by atoms with Crippen molar-refractivity contribution < 1.29 is 19.0 Å². The van der Waals surface area contributed by atoms with Crippen LogP contribution in [0.1, 0.15) is 25.3 Å². The molecule has 110 valence electrons. The zero-order chi connectivity index (χ0) is 14.9. The highest BCUT2D eigenvalue weighted by molar-refractivity contribution is 6.12. The first-order valence-electron chi connectivity index (χ1n) is 7.42. The molecule has 2 radical (unpaired) electrons. The summed E-state index contributed by atoms with van der Waals surface area (Å²) in [6.07, 6.45) is 1.01. The summed E-state index contributed by atoms with van der Waals surface area (Å²) in [5.74, 6) is -0.715. The van der Waals surface area contributed by atoms with E-state index in [4.69, 9.17) is 22.1 Å². The fourth-order valence-corrected chi connectivity index (χ4v) is 3.32. The molecule has 2 aliphatic heterocycles. The highest BCUT2D eigenvalue weighted by atomic mass is 16.6. The monoisotopic (exact) mass is 286 g/mol. The molecule has 0 N–H and O–H groups in total. The van der Waals surface area contributed by atoms with Crippen molar-refractivity contribution in [2.24, 2.45) is 5.92 Å². The van der Waals surface area contributed by atoms with Gasteiger partial charge in [0.15, 0.2) is 0 Å². The van der Waals surface area contributed by atoms with Gasteiger partial charge in [-0.15, -0.1) is 0 Å². The third-order valence-electron chi connectivity index (χ3n) is 4.50. The van der Waals surface area contributed by atoms with Gasteiger partial charge in [-0.25, -0.2) is 0 Å². The second-order valence-corrected chi connectivity index (χ2v) is 5.66. The van der Waals surface area contributed by atoms with E-state index < -0.39 is 23.6 Å². The summed E-state index contributed by atoms with van der Waals surface area (Å²) in [5, 5.41) is 0. The molecule has 2 saturated heterocycles. The predicted octanol–water partition coefficient (Wildman–Crippen LogP) is 1.81. The van der Waals surface area contributed by atoms with Crippen LogP contribution in [0, 0.1) is 5.92 Å². The fourth-order valence-electron chi connectivity index (χ4n) is 3.32. The minimum absolute atomic E-state index is 0.262. The zero-order valence-corrected chi connectivity index (χ0v) is 12.2. The topological polar surface area (TPSA) is 44.8 Å². The standard InChI is InChI=1S/C16H19BO4/c1-2-16-8-9-19-13(14(17)21-16)12(16)15(18)20-10-11-6-4-3-5-7-11/h3-7,12-14H,2,8-10H2,1H3/t12?,13-,14+,16-/m0/s1. The highest BCUT2D eigenvalue weighted by Crippen LogP contribution is 2.46. The van der Waals surface area contributed by atoms with Crippen molar-refractivity contribution in [3.8, 4) is 0 Å². The molecule has 0 aliphatic carbocycles. The summed E-state index contributed by atoms with van der Waals surface area (Å²) in [4.78, 5) is 12.5. The van der Waals surface area contributed by atoms with Gasteiger partial charge in [0.05, 0.1) is 11.7 Å². The Hall–Kier alpha value is -1.33. The molecule has 2 aliphatic rings. The van der Waals surface area contributed by atoms with Crippen LogP contribution in [0.5, 0.6) is 0 Å². The number of ether oxygens (including phenoxy) is 3. The molecule has 0 saturated carbocycles. The van der Waals surface area contributed by atoms with Crippen molar-refractivity contribution in [2.45, 2.75) is 44.1 Å². The normalized spacial score (nSPS) is 34.6. The maximum absolute atomic E-state index is 12.5. The van der Waals surface area contributed by atoms with Gasteiger partial charge < -0.3 is 14.2 Å². The molecule has 4 nitrogen and oxygen atoms in total. The maximum atomic E-state index is 12.5. The van der Waals surface area contributed by atoms with Gasteiger partial charge in [0.1, 0.15) is 20.4 Å². The Kier molecular flexibility index (Phi) is 4.04. The van der Waals surface area contributed by atoms with Crippen LogP contribution in [0.3, 0.4) is 0 Å². The number of benzene rings is 1. The van der Waals surface area contributed by atoms with E-state index in [2.05, 4.69) is 0 Å². The van der Waals surface area contributed by atoms with Gasteiger partial charge >= 0.3 is 5.97 Å². The molecule has 1 aromatic rings. The van der Waals surface area contributed by atoms with Crippen LogP contribution >= 0.6 is 0 Å². The van der Waals surface area contributed by atoms with Gasteiger partial charge in [-0.2, -0.15) is 0 Å². The Morgan fingerprint density at radius 3 is 2.90 bits per heavy atom. The van der Waals surface area contributed by atoms with Crippen molar-refractivity contribution in [2.75, 3.05) is 6.61 Å². The van der Waals surface area contributed by atoms with Gasteiger partial charge in [0, 0.05) is 19.0 Å². The highest BCUT2D eigenvalue weighted by Gasteiger charge is 2.59. The van der Waals surface area contributed by atoms with E-state index in [1.807, 2.05) is 37.3 Å². The Morgan fingerprint density at radius 2 is 2.19 bits per heavy atom. The van der Waals surface area contributed by atoms with Gasteiger partial charge in [-0.3, -0.25) is 4.79 Å². The van der Waals surface area contributed by atoms with Crippen molar-refractivity contribution >= 4 is 13.8 Å². The van der Waals surface area contributed by atoms with Gasteiger partial charge in [0.25, 0.3) is 0 Å². The van der Waals surface area contributed by atoms with Gasteiger partial charge in [-0.05, 0) is 12.0 Å². The van der Waals surface area contributed by atoms with Crippen molar-refractivity contribution in [1.82, 2.24) is 0 Å². The molecule has 2 fully saturated rings. The smallest absolute Gasteiger partial charge is 0.314 e. The van der Waals surface area contributed by atoms with Crippen molar-refractivity contribution in [3.05, 3.63) is 35.9 Å². The van der Waals surface area contributed by atoms with E-state index in [9.17, 15) is 4.79 Å². The predicted molar refractivity (Wildman–Crippen MR) is 77.7 cm³/mol. The third-order valence-corrected chi connectivity index (χ3v) is 4.50. The first kappa shape index (κ1) is 14.6. The maximum Gasteiger partial charge on any atom is 0.314 e. The van der Waals surface area contributed by atoms with Crippen LogP contribution in [0.25, 0.3) is 0 Å². The molecule has 21 heavy (non-hydrogen) atoms. The Labute approximate surface area is 126 Å². The minimum atomic E-state index is -0.554. The van der Waals surface area contributed by atoms with E-state index in [0.717, 1.165) is 12.0 Å². The number of hydrogen-bond acceptors (Lipinski definition) is 4. The molecular formula is C16H19BO4. The summed E-state index contributed by atoms with van der Waals surface area (Å²) >= 11 is 0. The number of carbonyl (C=O) groups is 1. The molecule has 0 aromatic heterocycles. The molecule has 0 spiro atoms. The lowest BCUT2D eigenvalue weighted by atomic mass is 9.77. The van der Waals surface area contributed by atoms with Crippen LogP contribution in [0.2, 0.25) is 0 Å². The Bertz CT molecular complexity index is 506. The van der Waals surface area contributed by atoms with Crippen LogP contribution in [-0.2, 0) is 25.6 Å². The van der Waals surface area contributed by atoms with E-state index in [0.29, 0.717) is 13.0 Å². The summed E-state index contributed by atoms with van der Waals surface area (Å²) in [6.45, 7) is 2.85. The molecular weight excluding hydrogens is 267 g/mol. The van der Waals surface area contributed by atoms with Gasteiger partial charge in [-0.1, -0.05) is 37.3 Å². The molecule has 0 amide bonds. The third kappa shape index (κ3) is 2.60. The largest absolute Gasteiger partial charge is 0.460 e. The molecule has 5 heteroatoms. The lowest BCUT2D eigenvalue weighted by molar-refractivity contribution is -0.167. The molecule has 1 unspecified atom stereocenters. The minimum Gasteiger partial charge on any atom is -0.460 e. The zero-order valence-electron chi connectivity index (χ0n) is 12.2. The first-order valence-corrected chi connectivity index (χ1v) is 7.42. The van der Waals surface area contributed by atoms with E-state index in [1.165, 1.54) is 0 Å². The second-order valence-electron chi connectivity index (χ2n) is 5.66. The molecule has 3 rings (SSSR count). The van der Waals surface area contributed by atoms with Crippen LogP contribution in [-0.4, -0.2) is 38.1 Å². The second kappa shape index (κ2) is 5.81. The van der Waals surface area contributed by atoms with E-state index in [1.54, 1.807) is 0 Å². The lowest BCUT2D eigenvalue weighted by Crippen LogP contribution is -2.49. The number of fused-ring (bicyclic) bond motifs is 2. The molecule has 1 aromatic carbocycles. The molecule has 2 bridgehead atoms. The van der Waals surface area contributed by atoms with Crippen LogP contribution in [0.4, 0.5) is 0 Å². The molecule has 4 atom stereocenters. The molecule has 2 heterocycles. The van der Waals surface area contributed by atoms with Crippen LogP contribution < -0.4 is 0 Å². The van der Waals surface area contributed by atoms with Crippen LogP contribution in [0.15, 0.2) is 30.3 Å². The summed E-state index contributed by atoms with van der Waals surface area (Å²) < 4.78 is 17.0. The SMILES string of the molecule is [B][C@@H]1O[C@@]2(CC)CCO[C@H]1C2C(=O)OCc1ccccc1. The summed E-state index contributed by atoms with van der Waals surface area (Å²) in [5.41, 5.74) is 0.432. The fraction of sp³-hybridized carbons (Fsp3) is 0.562. The van der Waals surface area contributed by atoms with Crippen molar-refractivity contribution in [3.63, 3.8) is 0 Å². The number of hydrogen-bond donors (Lipinski definition) is 0. The number of carbonyl (C=O) groups excluding carboxylic acids is 1. The summed E-state index contributed by atoms with van der Waals surface area (Å²) in [7, 11) is 5.96. The first-order chi connectivity index (χ1) is 10.2. The number of rotatable bonds is 4. The summed E-state index contributed by atoms with van der Waals surface area (Å²) in [6, 6.07) is 9.07. The lowest BCUT2D eigenvalue weighted by Gasteiger charge is -2.37.